The molecule has 0 saturated heterocycles. The third-order valence-corrected chi connectivity index (χ3v) is 6.95. The van der Waals surface area contributed by atoms with E-state index < -0.39 is 21.8 Å². The third kappa shape index (κ3) is 4.02. The van der Waals surface area contributed by atoms with Crippen molar-refractivity contribution < 1.29 is 21.6 Å². The monoisotopic (exact) mass is 489 g/mol. The maximum absolute atomic E-state index is 13.1. The van der Waals surface area contributed by atoms with Gasteiger partial charge in [0.25, 0.3) is 10.0 Å². The molecule has 0 fully saturated rings. The van der Waals surface area contributed by atoms with Crippen LogP contribution in [0.4, 0.5) is 19.0 Å². The quantitative estimate of drug-likeness (QED) is 0.379. The largest absolute Gasteiger partial charge is 0.416 e. The molecular formula is C21H14F3N5O2S2. The number of halogens is 3. The molecule has 0 amide bonds. The number of nitrogens with one attached hydrogen (secondary N) is 1. The highest BCUT2D eigenvalue weighted by Crippen LogP contribution is 2.30. The Hall–Kier alpha value is -3.51. The zero-order chi connectivity index (χ0) is 23.2. The van der Waals surface area contributed by atoms with E-state index in [9.17, 15) is 21.6 Å². The van der Waals surface area contributed by atoms with Gasteiger partial charge in [0.2, 0.25) is 0 Å². The molecule has 0 aliphatic heterocycles. The van der Waals surface area contributed by atoms with Gasteiger partial charge in [-0.15, -0.1) is 0 Å². The van der Waals surface area contributed by atoms with Crippen molar-refractivity contribution in [3.63, 3.8) is 0 Å². The van der Waals surface area contributed by atoms with Gasteiger partial charge in [-0.25, -0.2) is 8.42 Å². The highest BCUT2D eigenvalue weighted by atomic mass is 32.2. The Bertz CT molecular complexity index is 1580. The lowest BCUT2D eigenvalue weighted by Crippen LogP contribution is -2.14. The molecule has 1 N–H and O–H groups in total. The molecule has 0 saturated carbocycles. The lowest BCUT2D eigenvalue weighted by molar-refractivity contribution is -0.137. The Morgan fingerprint density at radius 1 is 0.939 bits per heavy atom. The first kappa shape index (κ1) is 21.3. The lowest BCUT2D eigenvalue weighted by Gasteiger charge is -2.08. The first-order valence-electron chi connectivity index (χ1n) is 9.58. The number of aromatic nitrogens is 4. The van der Waals surface area contributed by atoms with E-state index in [1.807, 2.05) is 0 Å². The number of hydrogen-bond donors (Lipinski definition) is 1. The van der Waals surface area contributed by atoms with Crippen molar-refractivity contribution in [3.8, 4) is 0 Å². The average molecular weight is 490 g/mol. The van der Waals surface area contributed by atoms with Gasteiger partial charge < -0.3 is 0 Å². The molecule has 0 bridgehead atoms. The molecule has 0 aliphatic rings. The van der Waals surface area contributed by atoms with Gasteiger partial charge in [0, 0.05) is 5.39 Å². The van der Waals surface area contributed by atoms with Crippen LogP contribution in [0.3, 0.4) is 0 Å². The molecule has 5 rings (SSSR count). The number of fused-ring (bicyclic) bond motifs is 2. The van der Waals surface area contributed by atoms with Crippen LogP contribution in [-0.4, -0.2) is 26.9 Å². The fourth-order valence-electron chi connectivity index (χ4n) is 3.48. The molecule has 5 aromatic rings. The molecule has 2 heterocycles. The molecule has 0 aliphatic carbocycles. The van der Waals surface area contributed by atoms with E-state index in [4.69, 9.17) is 0 Å². The summed E-state index contributed by atoms with van der Waals surface area (Å²) in [7, 11) is -4.03. The molecule has 12 heteroatoms. The van der Waals surface area contributed by atoms with Gasteiger partial charge in [0.1, 0.15) is 15.9 Å². The molecule has 0 spiro atoms. The van der Waals surface area contributed by atoms with Gasteiger partial charge in [-0.1, -0.05) is 30.3 Å². The SMILES string of the molecule is O=S(=O)(Nc1nn(Cc2ccc(C(F)(F)F)cc2)c2ccccc12)c1cccc2nsnc12. The second-order valence-corrected chi connectivity index (χ2v) is 9.39. The Morgan fingerprint density at radius 2 is 1.70 bits per heavy atom. The van der Waals surface area contributed by atoms with Crippen molar-refractivity contribution >= 4 is 49.5 Å². The number of benzene rings is 3. The predicted molar refractivity (Wildman–Crippen MR) is 119 cm³/mol. The minimum absolute atomic E-state index is 0.0184. The van der Waals surface area contributed by atoms with Crippen LogP contribution in [0.25, 0.3) is 21.9 Å². The van der Waals surface area contributed by atoms with Gasteiger partial charge in [-0.3, -0.25) is 9.40 Å². The second kappa shape index (κ2) is 7.81. The van der Waals surface area contributed by atoms with Crippen molar-refractivity contribution in [3.05, 3.63) is 77.9 Å². The van der Waals surface area contributed by atoms with Crippen LogP contribution >= 0.6 is 11.7 Å². The lowest BCUT2D eigenvalue weighted by atomic mass is 10.1. The number of sulfonamides is 1. The van der Waals surface area contributed by atoms with Gasteiger partial charge >= 0.3 is 6.18 Å². The van der Waals surface area contributed by atoms with Crippen molar-refractivity contribution in [1.29, 1.82) is 0 Å². The fraction of sp³-hybridized carbons (Fsp3) is 0.0952. The second-order valence-electron chi connectivity index (χ2n) is 7.21. The van der Waals surface area contributed by atoms with E-state index in [0.717, 1.165) is 23.9 Å². The topological polar surface area (TPSA) is 89.8 Å². The molecule has 168 valence electrons. The minimum atomic E-state index is -4.42. The smallest absolute Gasteiger partial charge is 0.261 e. The van der Waals surface area contributed by atoms with E-state index >= 15 is 0 Å². The number of nitrogens with zero attached hydrogens (tertiary/aromatic N) is 4. The molecular weight excluding hydrogens is 475 g/mol. The summed E-state index contributed by atoms with van der Waals surface area (Å²) in [5, 5.41) is 4.96. The van der Waals surface area contributed by atoms with E-state index in [0.29, 0.717) is 22.0 Å². The zero-order valence-corrected chi connectivity index (χ0v) is 18.2. The zero-order valence-electron chi connectivity index (χ0n) is 16.6. The molecule has 0 atom stereocenters. The number of para-hydroxylation sites is 1. The predicted octanol–water partition coefficient (Wildman–Crippen LogP) is 4.91. The summed E-state index contributed by atoms with van der Waals surface area (Å²) in [6, 6.07) is 16.4. The van der Waals surface area contributed by atoms with E-state index in [-0.39, 0.29) is 22.8 Å². The highest BCUT2D eigenvalue weighted by molar-refractivity contribution is 7.93. The van der Waals surface area contributed by atoms with Crippen LogP contribution in [0.15, 0.2) is 71.6 Å². The Morgan fingerprint density at radius 3 is 2.45 bits per heavy atom. The van der Waals surface area contributed by atoms with Crippen molar-refractivity contribution in [2.75, 3.05) is 4.72 Å². The summed E-state index contributed by atoms with van der Waals surface area (Å²) in [5.74, 6) is 0.109. The van der Waals surface area contributed by atoms with Gasteiger partial charge in [-0.2, -0.15) is 27.0 Å². The van der Waals surface area contributed by atoms with E-state index in [1.165, 1.54) is 18.2 Å². The van der Waals surface area contributed by atoms with Gasteiger partial charge in [-0.05, 0) is 42.0 Å². The fourth-order valence-corrected chi connectivity index (χ4v) is 5.26. The van der Waals surface area contributed by atoms with Gasteiger partial charge in [0.15, 0.2) is 5.82 Å². The Balaban J connectivity index is 1.51. The first-order chi connectivity index (χ1) is 15.7. The number of rotatable bonds is 5. The summed E-state index contributed by atoms with van der Waals surface area (Å²) in [6.45, 7) is 0.159. The van der Waals surface area contributed by atoms with E-state index in [2.05, 4.69) is 18.6 Å². The van der Waals surface area contributed by atoms with Crippen LogP contribution < -0.4 is 4.72 Å². The number of hydrogen-bond acceptors (Lipinski definition) is 6. The summed E-state index contributed by atoms with van der Waals surface area (Å²) < 4.78 is 77.0. The number of anilines is 1. The molecule has 0 unspecified atom stereocenters. The molecule has 7 nitrogen and oxygen atoms in total. The van der Waals surface area contributed by atoms with Crippen LogP contribution in [0.1, 0.15) is 11.1 Å². The molecule has 2 aromatic heterocycles. The van der Waals surface area contributed by atoms with Crippen molar-refractivity contribution in [2.24, 2.45) is 0 Å². The van der Waals surface area contributed by atoms with Crippen LogP contribution in [0, 0.1) is 0 Å². The summed E-state index contributed by atoms with van der Waals surface area (Å²) in [4.78, 5) is -0.0184. The Labute approximate surface area is 189 Å². The van der Waals surface area contributed by atoms with Gasteiger partial charge in [0.05, 0.1) is 29.4 Å². The average Bonchev–Trinajstić information content (AvgIpc) is 3.38. The summed E-state index contributed by atoms with van der Waals surface area (Å²) in [6.07, 6.45) is -4.42. The highest BCUT2D eigenvalue weighted by Gasteiger charge is 2.30. The Kier molecular flexibility index (Phi) is 5.05. The van der Waals surface area contributed by atoms with Crippen LogP contribution in [0.5, 0.6) is 0 Å². The summed E-state index contributed by atoms with van der Waals surface area (Å²) in [5.41, 5.74) is 1.22. The van der Waals surface area contributed by atoms with Crippen molar-refractivity contribution in [2.45, 2.75) is 17.6 Å². The maximum atomic E-state index is 13.1. The summed E-state index contributed by atoms with van der Waals surface area (Å²) >= 11 is 0.917. The third-order valence-electron chi connectivity index (χ3n) is 5.04. The molecule has 33 heavy (non-hydrogen) atoms. The normalized spacial score (nSPS) is 12.5. The standard InChI is InChI=1S/C21H14F3N5O2S2/c22-21(23,24)14-10-8-13(9-11-14)12-29-17-6-2-1-4-15(17)20(25-29)28-33(30,31)18-7-3-5-16-19(18)27-32-26-16/h1-11H,12H2,(H,25,28). The molecule has 3 aromatic carbocycles. The number of alkyl halides is 3. The minimum Gasteiger partial charge on any atom is -0.261 e. The first-order valence-corrected chi connectivity index (χ1v) is 11.8. The molecule has 0 radical (unpaired) electrons. The maximum Gasteiger partial charge on any atom is 0.416 e. The van der Waals surface area contributed by atoms with E-state index in [1.54, 1.807) is 41.1 Å². The van der Waals surface area contributed by atoms with Crippen LogP contribution in [0.2, 0.25) is 0 Å². The van der Waals surface area contributed by atoms with Crippen LogP contribution in [-0.2, 0) is 22.7 Å². The van der Waals surface area contributed by atoms with Crippen molar-refractivity contribution in [1.82, 2.24) is 18.5 Å².